The van der Waals surface area contributed by atoms with E-state index in [0.29, 0.717) is 18.1 Å². The number of anilines is 1. The van der Waals surface area contributed by atoms with Crippen molar-refractivity contribution in [3.8, 4) is 0 Å². The molecule has 1 aromatic carbocycles. The number of hydrogen-bond donors (Lipinski definition) is 2. The number of amides is 1. The molecule has 0 aliphatic carbocycles. The summed E-state index contributed by atoms with van der Waals surface area (Å²) in [6.07, 6.45) is 0.328. The summed E-state index contributed by atoms with van der Waals surface area (Å²) in [5.74, 6) is -0.0849. The van der Waals surface area contributed by atoms with Crippen molar-refractivity contribution in [1.82, 2.24) is 4.98 Å². The first-order valence-electron chi connectivity index (χ1n) is 5.06. The van der Waals surface area contributed by atoms with Crippen LogP contribution in [0.5, 0.6) is 0 Å². The van der Waals surface area contributed by atoms with Crippen molar-refractivity contribution in [3.63, 3.8) is 0 Å². The van der Waals surface area contributed by atoms with Crippen LogP contribution in [0.3, 0.4) is 0 Å². The summed E-state index contributed by atoms with van der Waals surface area (Å²) >= 11 is 1.48. The molecule has 0 saturated carbocycles. The lowest BCUT2D eigenvalue weighted by molar-refractivity contribution is -0.116. The molecule has 6 heteroatoms. The lowest BCUT2D eigenvalue weighted by Gasteiger charge is -1.97. The van der Waals surface area contributed by atoms with Crippen molar-refractivity contribution in [1.29, 1.82) is 0 Å². The van der Waals surface area contributed by atoms with Gasteiger partial charge in [-0.15, -0.1) is 12.4 Å². The Morgan fingerprint density at radius 1 is 1.53 bits per heavy atom. The van der Waals surface area contributed by atoms with Gasteiger partial charge in [-0.3, -0.25) is 4.79 Å². The third-order valence-electron chi connectivity index (χ3n) is 2.16. The van der Waals surface area contributed by atoms with E-state index in [-0.39, 0.29) is 18.3 Å². The third-order valence-corrected chi connectivity index (χ3v) is 3.10. The van der Waals surface area contributed by atoms with Crippen molar-refractivity contribution >= 4 is 45.0 Å². The molecule has 0 radical (unpaired) electrons. The Bertz CT molecular complexity index is 526. The molecule has 17 heavy (non-hydrogen) atoms. The van der Waals surface area contributed by atoms with Gasteiger partial charge in [-0.25, -0.2) is 4.98 Å². The van der Waals surface area contributed by atoms with Gasteiger partial charge in [0.25, 0.3) is 0 Å². The number of nitrogens with one attached hydrogen (secondary N) is 1. The fourth-order valence-electron chi connectivity index (χ4n) is 1.40. The Hall–Kier alpha value is -1.17. The molecule has 0 fully saturated rings. The van der Waals surface area contributed by atoms with Crippen LogP contribution in [0.15, 0.2) is 18.2 Å². The maximum Gasteiger partial charge on any atom is 0.227 e. The molecule has 1 heterocycles. The number of nitrogens with zero attached hydrogens (tertiary/aromatic N) is 1. The fraction of sp³-hybridized carbons (Fsp3) is 0.273. The van der Waals surface area contributed by atoms with Gasteiger partial charge in [-0.1, -0.05) is 17.4 Å². The van der Waals surface area contributed by atoms with Crippen LogP contribution in [-0.2, 0) is 4.79 Å². The van der Waals surface area contributed by atoms with Gasteiger partial charge >= 0.3 is 0 Å². The highest BCUT2D eigenvalue weighted by Crippen LogP contribution is 2.26. The molecule has 0 atom stereocenters. The first kappa shape index (κ1) is 13.9. The van der Waals surface area contributed by atoms with Crippen molar-refractivity contribution in [2.24, 2.45) is 5.73 Å². The highest BCUT2D eigenvalue weighted by molar-refractivity contribution is 7.22. The Balaban J connectivity index is 0.00000144. The van der Waals surface area contributed by atoms with Crippen LogP contribution < -0.4 is 11.1 Å². The first-order chi connectivity index (χ1) is 7.69. The molecule has 0 unspecified atom stereocenters. The maximum atomic E-state index is 11.3. The largest absolute Gasteiger partial charge is 0.330 e. The molecular formula is C11H14ClN3OS. The van der Waals surface area contributed by atoms with E-state index < -0.39 is 0 Å². The number of rotatable bonds is 3. The normalized spacial score (nSPS) is 10.0. The fourth-order valence-corrected chi connectivity index (χ4v) is 2.38. The molecule has 4 nitrogen and oxygen atoms in total. The number of halogens is 1. The van der Waals surface area contributed by atoms with Crippen LogP contribution in [0.1, 0.15) is 12.0 Å². The number of aryl methyl sites for hydroxylation is 1. The summed E-state index contributed by atoms with van der Waals surface area (Å²) in [5, 5.41) is 3.38. The van der Waals surface area contributed by atoms with E-state index in [0.717, 1.165) is 10.2 Å². The van der Waals surface area contributed by atoms with Gasteiger partial charge in [0, 0.05) is 13.0 Å². The number of fused-ring (bicyclic) bond motifs is 1. The zero-order valence-corrected chi connectivity index (χ0v) is 11.0. The van der Waals surface area contributed by atoms with Crippen molar-refractivity contribution < 1.29 is 4.79 Å². The number of thiazole rings is 1. The average molecular weight is 272 g/mol. The second-order valence-corrected chi connectivity index (χ2v) is 4.61. The number of nitrogens with two attached hydrogens (primary N) is 1. The molecule has 0 aliphatic rings. The number of carbonyl (C=O) groups is 1. The van der Waals surface area contributed by atoms with Gasteiger partial charge in [0.2, 0.25) is 5.91 Å². The molecule has 1 amide bonds. The topological polar surface area (TPSA) is 68.0 Å². The lowest BCUT2D eigenvalue weighted by atomic mass is 10.2. The van der Waals surface area contributed by atoms with Crippen molar-refractivity contribution in [3.05, 3.63) is 23.8 Å². The summed E-state index contributed by atoms with van der Waals surface area (Å²) in [4.78, 5) is 15.7. The molecule has 0 aliphatic heterocycles. The summed E-state index contributed by atoms with van der Waals surface area (Å²) in [7, 11) is 0. The summed E-state index contributed by atoms with van der Waals surface area (Å²) in [5.41, 5.74) is 7.41. The van der Waals surface area contributed by atoms with Crippen molar-refractivity contribution in [2.45, 2.75) is 13.3 Å². The minimum absolute atomic E-state index is 0. The third kappa shape index (κ3) is 3.39. The van der Waals surface area contributed by atoms with Crippen LogP contribution in [-0.4, -0.2) is 17.4 Å². The minimum Gasteiger partial charge on any atom is -0.330 e. The number of hydrogen-bond acceptors (Lipinski definition) is 4. The molecule has 2 rings (SSSR count). The highest BCUT2D eigenvalue weighted by atomic mass is 35.5. The molecule has 0 bridgehead atoms. The predicted molar refractivity (Wildman–Crippen MR) is 73.9 cm³/mol. The first-order valence-corrected chi connectivity index (χ1v) is 5.88. The van der Waals surface area contributed by atoms with Crippen LogP contribution in [0, 0.1) is 6.92 Å². The van der Waals surface area contributed by atoms with Crippen molar-refractivity contribution in [2.75, 3.05) is 11.9 Å². The van der Waals surface area contributed by atoms with E-state index in [1.165, 1.54) is 16.9 Å². The SMILES string of the molecule is Cc1ccc2nc(NC(=O)CCN)sc2c1.Cl. The van der Waals surface area contributed by atoms with Crippen LogP contribution in [0.2, 0.25) is 0 Å². The van der Waals surface area contributed by atoms with E-state index >= 15 is 0 Å². The van der Waals surface area contributed by atoms with Crippen LogP contribution >= 0.6 is 23.7 Å². The van der Waals surface area contributed by atoms with E-state index in [1.54, 1.807) is 0 Å². The summed E-state index contributed by atoms with van der Waals surface area (Å²) < 4.78 is 1.09. The second kappa shape index (κ2) is 5.95. The summed E-state index contributed by atoms with van der Waals surface area (Å²) in [6, 6.07) is 6.03. The van der Waals surface area contributed by atoms with Crippen LogP contribution in [0.25, 0.3) is 10.2 Å². The summed E-state index contributed by atoms with van der Waals surface area (Å²) in [6.45, 7) is 2.39. The smallest absolute Gasteiger partial charge is 0.227 e. The minimum atomic E-state index is -0.0849. The Kier molecular flexibility index (Phi) is 4.86. The Morgan fingerprint density at radius 2 is 2.29 bits per heavy atom. The molecule has 92 valence electrons. The van der Waals surface area contributed by atoms with E-state index in [9.17, 15) is 4.79 Å². The molecule has 1 aromatic heterocycles. The zero-order chi connectivity index (χ0) is 11.5. The van der Waals surface area contributed by atoms with Gasteiger partial charge in [0.05, 0.1) is 10.2 Å². The number of benzene rings is 1. The Morgan fingerprint density at radius 3 is 3.00 bits per heavy atom. The van der Waals surface area contributed by atoms with E-state index in [1.807, 2.05) is 19.1 Å². The number of carbonyl (C=O) groups excluding carboxylic acids is 1. The molecule has 0 saturated heterocycles. The van der Waals surface area contributed by atoms with Gasteiger partial charge in [-0.2, -0.15) is 0 Å². The van der Waals surface area contributed by atoms with E-state index in [4.69, 9.17) is 5.73 Å². The Labute approximate surface area is 110 Å². The molecule has 3 N–H and O–H groups in total. The zero-order valence-electron chi connectivity index (χ0n) is 9.40. The van der Waals surface area contributed by atoms with Crippen LogP contribution in [0.4, 0.5) is 5.13 Å². The lowest BCUT2D eigenvalue weighted by Crippen LogP contribution is -2.15. The van der Waals surface area contributed by atoms with E-state index in [2.05, 4.69) is 16.4 Å². The molecule has 2 aromatic rings. The second-order valence-electron chi connectivity index (χ2n) is 3.58. The standard InChI is InChI=1S/C11H13N3OS.ClH/c1-7-2-3-8-9(6-7)16-11(13-8)14-10(15)4-5-12;/h2-3,6H,4-5,12H2,1H3,(H,13,14,15);1H. The van der Waals surface area contributed by atoms with Gasteiger partial charge < -0.3 is 11.1 Å². The van der Waals surface area contributed by atoms with Gasteiger partial charge in [0.15, 0.2) is 5.13 Å². The highest BCUT2D eigenvalue weighted by Gasteiger charge is 2.06. The molecule has 0 spiro atoms. The monoisotopic (exact) mass is 271 g/mol. The quantitative estimate of drug-likeness (QED) is 0.900. The average Bonchev–Trinajstić information content (AvgIpc) is 2.59. The van der Waals surface area contributed by atoms with Gasteiger partial charge in [0.1, 0.15) is 0 Å². The number of aromatic nitrogens is 1. The predicted octanol–water partition coefficient (Wildman–Crippen LogP) is 2.31. The van der Waals surface area contributed by atoms with Gasteiger partial charge in [-0.05, 0) is 24.6 Å². The molecular weight excluding hydrogens is 258 g/mol. The maximum absolute atomic E-state index is 11.3.